The van der Waals surface area contributed by atoms with Gasteiger partial charge in [0.15, 0.2) is 5.58 Å². The molecule has 0 fully saturated rings. The number of furan rings is 1. The zero-order chi connectivity index (χ0) is 12.4. The van der Waals surface area contributed by atoms with Crippen molar-refractivity contribution in [1.82, 2.24) is 5.32 Å². The normalized spacial score (nSPS) is 13.2. The van der Waals surface area contributed by atoms with E-state index in [0.717, 1.165) is 23.2 Å². The SMILES string of the molecule is CCCNC(C)c1cc2c(F)ccc(Br)c2o1. The van der Waals surface area contributed by atoms with Crippen molar-refractivity contribution in [3.63, 3.8) is 0 Å². The molecule has 0 spiro atoms. The van der Waals surface area contributed by atoms with Crippen LogP contribution in [0.25, 0.3) is 11.0 Å². The number of halogens is 2. The molecule has 0 radical (unpaired) electrons. The molecule has 0 bridgehead atoms. The second-order valence-corrected chi connectivity index (χ2v) is 4.95. The lowest BCUT2D eigenvalue weighted by Crippen LogP contribution is -2.18. The molecule has 92 valence electrons. The minimum absolute atomic E-state index is 0.0913. The van der Waals surface area contributed by atoms with Gasteiger partial charge < -0.3 is 9.73 Å². The van der Waals surface area contributed by atoms with Crippen LogP contribution in [0.4, 0.5) is 4.39 Å². The molecule has 1 atom stereocenters. The van der Waals surface area contributed by atoms with Crippen molar-refractivity contribution in [3.8, 4) is 0 Å². The maximum atomic E-state index is 13.6. The average molecular weight is 300 g/mol. The molecule has 1 unspecified atom stereocenters. The lowest BCUT2D eigenvalue weighted by molar-refractivity contribution is 0.451. The van der Waals surface area contributed by atoms with Gasteiger partial charge in [-0.3, -0.25) is 0 Å². The van der Waals surface area contributed by atoms with E-state index in [9.17, 15) is 4.39 Å². The molecule has 0 aliphatic heterocycles. The molecule has 2 rings (SSSR count). The van der Waals surface area contributed by atoms with Crippen LogP contribution in [-0.4, -0.2) is 6.54 Å². The highest BCUT2D eigenvalue weighted by molar-refractivity contribution is 9.10. The van der Waals surface area contributed by atoms with Gasteiger partial charge in [0.1, 0.15) is 11.6 Å². The summed E-state index contributed by atoms with van der Waals surface area (Å²) < 4.78 is 20.1. The standard InChI is InChI=1S/C13H15BrFNO/c1-3-6-16-8(2)12-7-9-11(15)5-4-10(14)13(9)17-12/h4-5,7-8,16H,3,6H2,1-2H3. The van der Waals surface area contributed by atoms with Crippen molar-refractivity contribution < 1.29 is 8.81 Å². The summed E-state index contributed by atoms with van der Waals surface area (Å²) in [6, 6.07) is 4.96. The number of fused-ring (bicyclic) bond motifs is 1. The van der Waals surface area contributed by atoms with E-state index in [0.29, 0.717) is 11.0 Å². The quantitative estimate of drug-likeness (QED) is 0.905. The third-order valence-electron chi connectivity index (χ3n) is 2.73. The molecule has 17 heavy (non-hydrogen) atoms. The minimum Gasteiger partial charge on any atom is -0.458 e. The van der Waals surface area contributed by atoms with Gasteiger partial charge in [0.25, 0.3) is 0 Å². The van der Waals surface area contributed by atoms with E-state index in [4.69, 9.17) is 4.42 Å². The molecule has 1 heterocycles. The summed E-state index contributed by atoms with van der Waals surface area (Å²) >= 11 is 3.37. The Balaban J connectivity index is 2.37. The highest BCUT2D eigenvalue weighted by Crippen LogP contribution is 2.31. The van der Waals surface area contributed by atoms with E-state index in [2.05, 4.69) is 28.2 Å². The molecule has 0 aliphatic carbocycles. The Hall–Kier alpha value is -0.870. The van der Waals surface area contributed by atoms with Crippen molar-refractivity contribution >= 4 is 26.9 Å². The first-order chi connectivity index (χ1) is 8.13. The molecule has 0 saturated heterocycles. The van der Waals surface area contributed by atoms with Crippen molar-refractivity contribution in [2.75, 3.05) is 6.54 Å². The fourth-order valence-corrected chi connectivity index (χ4v) is 2.18. The number of rotatable bonds is 4. The summed E-state index contributed by atoms with van der Waals surface area (Å²) in [7, 11) is 0. The predicted octanol–water partition coefficient (Wildman–Crippen LogP) is 4.40. The minimum atomic E-state index is -0.249. The Kier molecular flexibility index (Phi) is 3.84. The summed E-state index contributed by atoms with van der Waals surface area (Å²) in [5.41, 5.74) is 0.574. The van der Waals surface area contributed by atoms with Crippen LogP contribution in [0, 0.1) is 5.82 Å². The van der Waals surface area contributed by atoms with Gasteiger partial charge in [0.05, 0.1) is 15.9 Å². The van der Waals surface area contributed by atoms with E-state index in [1.165, 1.54) is 6.07 Å². The van der Waals surface area contributed by atoms with E-state index < -0.39 is 0 Å². The Bertz CT molecular complexity index is 484. The molecular weight excluding hydrogens is 285 g/mol. The molecule has 0 aliphatic rings. The lowest BCUT2D eigenvalue weighted by atomic mass is 10.2. The molecule has 0 amide bonds. The number of hydrogen-bond acceptors (Lipinski definition) is 2. The zero-order valence-corrected chi connectivity index (χ0v) is 11.5. The molecule has 1 aromatic carbocycles. The summed E-state index contributed by atoms with van der Waals surface area (Å²) in [5.74, 6) is 0.514. The maximum absolute atomic E-state index is 13.6. The summed E-state index contributed by atoms with van der Waals surface area (Å²) in [6.45, 7) is 5.04. The monoisotopic (exact) mass is 299 g/mol. The first kappa shape index (κ1) is 12.6. The maximum Gasteiger partial charge on any atom is 0.151 e. The third-order valence-corrected chi connectivity index (χ3v) is 3.35. The largest absolute Gasteiger partial charge is 0.458 e. The Morgan fingerprint density at radius 3 is 2.88 bits per heavy atom. The fraction of sp³-hybridized carbons (Fsp3) is 0.385. The van der Waals surface area contributed by atoms with Crippen LogP contribution < -0.4 is 5.32 Å². The van der Waals surface area contributed by atoms with Gasteiger partial charge in [-0.1, -0.05) is 6.92 Å². The Labute approximate surface area is 108 Å². The Morgan fingerprint density at radius 1 is 1.47 bits per heavy atom. The van der Waals surface area contributed by atoms with Gasteiger partial charge in [-0.2, -0.15) is 0 Å². The van der Waals surface area contributed by atoms with E-state index >= 15 is 0 Å². The highest BCUT2D eigenvalue weighted by Gasteiger charge is 2.14. The van der Waals surface area contributed by atoms with Crippen molar-refractivity contribution in [2.24, 2.45) is 0 Å². The number of benzene rings is 1. The molecule has 2 nitrogen and oxygen atoms in total. The van der Waals surface area contributed by atoms with E-state index in [-0.39, 0.29) is 11.9 Å². The molecule has 0 saturated carbocycles. The van der Waals surface area contributed by atoms with Crippen LogP contribution in [0.2, 0.25) is 0 Å². The second kappa shape index (κ2) is 5.19. The van der Waals surface area contributed by atoms with Crippen LogP contribution in [0.15, 0.2) is 27.1 Å². The predicted molar refractivity (Wildman–Crippen MR) is 70.6 cm³/mol. The first-order valence-corrected chi connectivity index (χ1v) is 6.53. The van der Waals surface area contributed by atoms with Crippen LogP contribution in [0.1, 0.15) is 32.1 Å². The fourth-order valence-electron chi connectivity index (χ4n) is 1.75. The van der Waals surface area contributed by atoms with Gasteiger partial charge in [-0.15, -0.1) is 0 Å². The molecule has 1 aromatic heterocycles. The van der Waals surface area contributed by atoms with Crippen molar-refractivity contribution in [1.29, 1.82) is 0 Å². The van der Waals surface area contributed by atoms with Crippen molar-refractivity contribution in [3.05, 3.63) is 34.2 Å². The third kappa shape index (κ3) is 2.53. The Morgan fingerprint density at radius 2 is 2.24 bits per heavy atom. The van der Waals surface area contributed by atoms with Gasteiger partial charge in [0.2, 0.25) is 0 Å². The van der Waals surface area contributed by atoms with Crippen molar-refractivity contribution in [2.45, 2.75) is 26.3 Å². The highest BCUT2D eigenvalue weighted by atomic mass is 79.9. The number of nitrogens with one attached hydrogen (secondary N) is 1. The van der Waals surface area contributed by atoms with Gasteiger partial charge >= 0.3 is 0 Å². The average Bonchev–Trinajstić information content (AvgIpc) is 2.77. The summed E-state index contributed by atoms with van der Waals surface area (Å²) in [4.78, 5) is 0. The van der Waals surface area contributed by atoms with E-state index in [1.54, 1.807) is 12.1 Å². The molecular formula is C13H15BrFNO. The zero-order valence-electron chi connectivity index (χ0n) is 9.89. The van der Waals surface area contributed by atoms with Crippen LogP contribution in [0.3, 0.4) is 0 Å². The van der Waals surface area contributed by atoms with Gasteiger partial charge in [0, 0.05) is 0 Å². The van der Waals surface area contributed by atoms with Gasteiger partial charge in [-0.25, -0.2) is 4.39 Å². The van der Waals surface area contributed by atoms with Crippen LogP contribution in [0.5, 0.6) is 0 Å². The lowest BCUT2D eigenvalue weighted by Gasteiger charge is -2.09. The first-order valence-electron chi connectivity index (χ1n) is 5.74. The number of hydrogen-bond donors (Lipinski definition) is 1. The topological polar surface area (TPSA) is 25.2 Å². The van der Waals surface area contributed by atoms with Crippen LogP contribution >= 0.6 is 15.9 Å². The van der Waals surface area contributed by atoms with Gasteiger partial charge in [-0.05, 0) is 54.0 Å². The molecule has 4 heteroatoms. The smallest absolute Gasteiger partial charge is 0.151 e. The van der Waals surface area contributed by atoms with E-state index in [1.807, 2.05) is 6.92 Å². The summed E-state index contributed by atoms with van der Waals surface area (Å²) in [6.07, 6.45) is 1.06. The second-order valence-electron chi connectivity index (χ2n) is 4.10. The summed E-state index contributed by atoms with van der Waals surface area (Å²) in [5, 5.41) is 3.84. The molecule has 2 aromatic rings. The van der Waals surface area contributed by atoms with Crippen LogP contribution in [-0.2, 0) is 0 Å². The molecule has 1 N–H and O–H groups in total.